The summed E-state index contributed by atoms with van der Waals surface area (Å²) in [5.41, 5.74) is 6.58. The molecule has 3 N–H and O–H groups in total. The molecule has 0 saturated carbocycles. The summed E-state index contributed by atoms with van der Waals surface area (Å²) >= 11 is 0. The van der Waals surface area contributed by atoms with Crippen LogP contribution in [0, 0.1) is 23.5 Å². The molecule has 6 nitrogen and oxygen atoms in total. The number of hydrogen-bond donors (Lipinski definition) is 2. The predicted molar refractivity (Wildman–Crippen MR) is 121 cm³/mol. The Hall–Kier alpha value is -4.25. The molecule has 0 fully saturated rings. The topological polar surface area (TPSA) is 93.8 Å². The lowest BCUT2D eigenvalue weighted by molar-refractivity contribution is 0.1000. The fourth-order valence-corrected chi connectivity index (χ4v) is 3.81. The number of aromatic nitrogens is 3. The van der Waals surface area contributed by atoms with Gasteiger partial charge in [-0.25, -0.2) is 13.8 Å². The van der Waals surface area contributed by atoms with Gasteiger partial charge in [-0.1, -0.05) is 17.9 Å². The second-order valence-electron chi connectivity index (χ2n) is 7.43. The first-order valence-corrected chi connectivity index (χ1v) is 10.3. The number of aryl methyl sites for hydroxylation is 1. The van der Waals surface area contributed by atoms with Crippen LogP contribution in [-0.4, -0.2) is 20.4 Å². The maximum absolute atomic E-state index is 14.7. The molecule has 0 aliphatic carbocycles. The van der Waals surface area contributed by atoms with Crippen molar-refractivity contribution in [3.63, 3.8) is 0 Å². The van der Waals surface area contributed by atoms with Crippen molar-refractivity contribution < 1.29 is 13.6 Å². The lowest BCUT2D eigenvalue weighted by Gasteiger charge is -2.17. The molecular formula is C25H20F2N4O2. The van der Waals surface area contributed by atoms with Crippen molar-refractivity contribution in [1.29, 1.82) is 0 Å². The van der Waals surface area contributed by atoms with Crippen LogP contribution in [0.4, 0.5) is 8.78 Å². The van der Waals surface area contributed by atoms with Gasteiger partial charge in [-0.05, 0) is 42.8 Å². The highest BCUT2D eigenvalue weighted by Gasteiger charge is 2.22. The van der Waals surface area contributed by atoms with E-state index in [9.17, 15) is 18.4 Å². The third-order valence-corrected chi connectivity index (χ3v) is 5.47. The Morgan fingerprint density at radius 1 is 1.24 bits per heavy atom. The summed E-state index contributed by atoms with van der Waals surface area (Å²) in [6, 6.07) is 8.14. The Labute approximate surface area is 188 Å². The Morgan fingerprint density at radius 2 is 2.06 bits per heavy atom. The molecular weight excluding hydrogens is 426 g/mol. The molecule has 3 aromatic heterocycles. The monoisotopic (exact) mass is 446 g/mol. The third kappa shape index (κ3) is 4.26. The SMILES string of the molecule is CCn1cccc(C(CC#Cc2c(C(N)=O)cnc3[nH]ccc23)c2cc(F)ccc2F)c1=O. The van der Waals surface area contributed by atoms with Crippen LogP contribution in [0.5, 0.6) is 0 Å². The van der Waals surface area contributed by atoms with Gasteiger partial charge in [-0.15, -0.1) is 0 Å². The molecule has 1 unspecified atom stereocenters. The van der Waals surface area contributed by atoms with E-state index in [4.69, 9.17) is 5.73 Å². The van der Waals surface area contributed by atoms with E-state index in [1.807, 2.05) is 6.92 Å². The highest BCUT2D eigenvalue weighted by atomic mass is 19.1. The molecule has 1 atom stereocenters. The average Bonchev–Trinajstić information content (AvgIpc) is 3.28. The van der Waals surface area contributed by atoms with Gasteiger partial charge in [0.2, 0.25) is 0 Å². The number of carbonyl (C=O) groups excluding carboxylic acids is 1. The predicted octanol–water partition coefficient (Wildman–Crippen LogP) is 3.70. The first-order valence-electron chi connectivity index (χ1n) is 10.3. The quantitative estimate of drug-likeness (QED) is 0.458. The molecule has 0 radical (unpaired) electrons. The third-order valence-electron chi connectivity index (χ3n) is 5.47. The minimum Gasteiger partial charge on any atom is -0.366 e. The first-order chi connectivity index (χ1) is 15.9. The van der Waals surface area contributed by atoms with Gasteiger partial charge in [0.15, 0.2) is 0 Å². The summed E-state index contributed by atoms with van der Waals surface area (Å²) in [7, 11) is 0. The fraction of sp³-hybridized carbons (Fsp3) is 0.160. The number of H-pyrrole nitrogens is 1. The van der Waals surface area contributed by atoms with E-state index < -0.39 is 23.5 Å². The van der Waals surface area contributed by atoms with Crippen LogP contribution < -0.4 is 11.3 Å². The normalized spacial score (nSPS) is 11.7. The number of aromatic amines is 1. The van der Waals surface area contributed by atoms with Gasteiger partial charge in [0.25, 0.3) is 11.5 Å². The van der Waals surface area contributed by atoms with Crippen LogP contribution >= 0.6 is 0 Å². The van der Waals surface area contributed by atoms with Crippen molar-refractivity contribution >= 4 is 16.9 Å². The molecule has 0 aliphatic heterocycles. The number of halogens is 2. The summed E-state index contributed by atoms with van der Waals surface area (Å²) in [4.78, 5) is 31.9. The number of carbonyl (C=O) groups is 1. The largest absolute Gasteiger partial charge is 0.366 e. The first kappa shape index (κ1) is 22.0. The minimum absolute atomic E-state index is 0.00970. The zero-order valence-corrected chi connectivity index (χ0v) is 17.7. The van der Waals surface area contributed by atoms with Crippen LogP contribution in [0.3, 0.4) is 0 Å². The molecule has 4 rings (SSSR count). The Morgan fingerprint density at radius 3 is 2.82 bits per heavy atom. The van der Waals surface area contributed by atoms with Crippen LogP contribution in [0.25, 0.3) is 11.0 Å². The number of rotatable bonds is 5. The lowest BCUT2D eigenvalue weighted by Crippen LogP contribution is -2.25. The van der Waals surface area contributed by atoms with Gasteiger partial charge in [0.05, 0.1) is 5.56 Å². The summed E-state index contributed by atoms with van der Waals surface area (Å²) < 4.78 is 30.2. The van der Waals surface area contributed by atoms with Gasteiger partial charge < -0.3 is 15.3 Å². The van der Waals surface area contributed by atoms with E-state index in [0.29, 0.717) is 28.7 Å². The summed E-state index contributed by atoms with van der Waals surface area (Å²) in [5.74, 6) is 3.14. The lowest BCUT2D eigenvalue weighted by atomic mass is 9.88. The highest BCUT2D eigenvalue weighted by Crippen LogP contribution is 2.29. The van der Waals surface area contributed by atoms with Crippen LogP contribution in [-0.2, 0) is 6.54 Å². The Bertz CT molecular complexity index is 1480. The van der Waals surface area contributed by atoms with Gasteiger partial charge in [-0.3, -0.25) is 9.59 Å². The van der Waals surface area contributed by atoms with Crippen molar-refractivity contribution in [3.8, 4) is 11.8 Å². The van der Waals surface area contributed by atoms with Crippen molar-refractivity contribution in [3.05, 3.63) is 99.2 Å². The molecule has 0 saturated heterocycles. The van der Waals surface area contributed by atoms with Crippen molar-refractivity contribution in [2.24, 2.45) is 5.73 Å². The van der Waals surface area contributed by atoms with E-state index in [0.717, 1.165) is 18.2 Å². The Kier molecular flexibility index (Phi) is 6.05. The Balaban J connectivity index is 1.84. The van der Waals surface area contributed by atoms with Crippen LogP contribution in [0.2, 0.25) is 0 Å². The minimum atomic E-state index is -0.819. The molecule has 33 heavy (non-hydrogen) atoms. The van der Waals surface area contributed by atoms with Crippen LogP contribution in [0.1, 0.15) is 46.3 Å². The van der Waals surface area contributed by atoms with Crippen LogP contribution in [0.15, 0.2) is 59.8 Å². The molecule has 4 aromatic rings. The molecule has 166 valence electrons. The van der Waals surface area contributed by atoms with E-state index in [1.165, 1.54) is 10.8 Å². The average molecular weight is 446 g/mol. The maximum Gasteiger partial charge on any atom is 0.254 e. The number of amides is 1. The fourth-order valence-electron chi connectivity index (χ4n) is 3.81. The second-order valence-corrected chi connectivity index (χ2v) is 7.43. The van der Waals surface area contributed by atoms with Crippen molar-refractivity contribution in [1.82, 2.24) is 14.5 Å². The second kappa shape index (κ2) is 9.09. The van der Waals surface area contributed by atoms with E-state index in [1.54, 1.807) is 30.6 Å². The number of nitrogens with one attached hydrogen (secondary N) is 1. The summed E-state index contributed by atoms with van der Waals surface area (Å²) in [5, 5.41) is 0.611. The van der Waals surface area contributed by atoms with Gasteiger partial charge in [0.1, 0.15) is 17.3 Å². The highest BCUT2D eigenvalue weighted by molar-refractivity contribution is 6.00. The van der Waals surface area contributed by atoms with Gasteiger partial charge in [0, 0.05) is 54.0 Å². The van der Waals surface area contributed by atoms with Gasteiger partial charge in [-0.2, -0.15) is 0 Å². The van der Waals surface area contributed by atoms with E-state index in [2.05, 4.69) is 21.8 Å². The summed E-state index contributed by atoms with van der Waals surface area (Å²) in [6.45, 7) is 2.25. The molecule has 0 aliphatic rings. The number of primary amides is 1. The number of benzene rings is 1. The van der Waals surface area contributed by atoms with Crippen molar-refractivity contribution in [2.45, 2.75) is 25.8 Å². The molecule has 0 spiro atoms. The molecule has 1 aromatic carbocycles. The summed E-state index contributed by atoms with van der Waals surface area (Å²) in [6.07, 6.45) is 4.65. The number of fused-ring (bicyclic) bond motifs is 1. The smallest absolute Gasteiger partial charge is 0.254 e. The van der Waals surface area contributed by atoms with Gasteiger partial charge >= 0.3 is 0 Å². The number of hydrogen-bond acceptors (Lipinski definition) is 3. The molecule has 3 heterocycles. The van der Waals surface area contributed by atoms with E-state index in [-0.39, 0.29) is 23.1 Å². The number of nitrogens with two attached hydrogens (primary N) is 1. The molecule has 1 amide bonds. The molecule has 8 heteroatoms. The number of pyridine rings is 2. The zero-order valence-electron chi connectivity index (χ0n) is 17.7. The van der Waals surface area contributed by atoms with Crippen molar-refractivity contribution in [2.75, 3.05) is 0 Å². The number of nitrogens with zero attached hydrogens (tertiary/aromatic N) is 2. The molecule has 0 bridgehead atoms. The zero-order chi connectivity index (χ0) is 23.5. The standard InChI is InChI=1S/C25H20F2N4O2/c1-2-31-12-4-7-19(25(31)33)17(20-13-15(26)8-9-22(20)27)6-3-5-16-18-10-11-29-24(18)30-14-21(16)23(28)32/h4,7-14,17H,2,6H2,1H3,(H2,28,32)(H,29,30). The van der Waals surface area contributed by atoms with E-state index >= 15 is 0 Å². The maximum atomic E-state index is 14.7.